The second-order valence-electron chi connectivity index (χ2n) is 5.39. The van der Waals surface area contributed by atoms with Gasteiger partial charge in [-0.25, -0.2) is 9.18 Å². The van der Waals surface area contributed by atoms with E-state index in [4.69, 9.17) is 9.26 Å². The lowest BCUT2D eigenvalue weighted by atomic mass is 10.1. The van der Waals surface area contributed by atoms with Crippen LogP contribution in [0.5, 0.6) is 0 Å². The normalized spacial score (nSPS) is 10.6. The van der Waals surface area contributed by atoms with Crippen molar-refractivity contribution in [2.45, 2.75) is 20.5 Å². The third-order valence-corrected chi connectivity index (χ3v) is 3.64. The van der Waals surface area contributed by atoms with Crippen molar-refractivity contribution < 1.29 is 18.4 Å². The number of rotatable bonds is 4. The highest BCUT2D eigenvalue weighted by molar-refractivity contribution is 5.89. The molecule has 0 unspecified atom stereocenters. The van der Waals surface area contributed by atoms with Gasteiger partial charge in [0.2, 0.25) is 5.82 Å². The van der Waals surface area contributed by atoms with Gasteiger partial charge in [-0.15, -0.1) is 0 Å². The van der Waals surface area contributed by atoms with Gasteiger partial charge >= 0.3 is 5.97 Å². The van der Waals surface area contributed by atoms with Crippen LogP contribution in [0, 0.1) is 19.7 Å². The van der Waals surface area contributed by atoms with Gasteiger partial charge in [0.05, 0.1) is 5.56 Å². The lowest BCUT2D eigenvalue weighted by molar-refractivity contribution is 0.0429. The molecule has 0 aliphatic carbocycles. The summed E-state index contributed by atoms with van der Waals surface area (Å²) < 4.78 is 23.1. The van der Waals surface area contributed by atoms with Crippen molar-refractivity contribution in [1.82, 2.24) is 10.1 Å². The Labute approximate surface area is 138 Å². The van der Waals surface area contributed by atoms with Crippen LogP contribution in [-0.2, 0) is 11.3 Å². The number of aryl methyl sites for hydroxylation is 2. The van der Waals surface area contributed by atoms with E-state index in [2.05, 4.69) is 10.1 Å². The topological polar surface area (TPSA) is 65.2 Å². The number of ether oxygens (including phenoxy) is 1. The Bertz CT molecular complexity index is 872. The zero-order valence-corrected chi connectivity index (χ0v) is 13.2. The van der Waals surface area contributed by atoms with Gasteiger partial charge in [0.25, 0.3) is 5.89 Å². The van der Waals surface area contributed by atoms with Crippen LogP contribution in [0.3, 0.4) is 0 Å². The van der Waals surface area contributed by atoms with Crippen molar-refractivity contribution in [3.63, 3.8) is 0 Å². The number of benzene rings is 2. The molecule has 0 spiro atoms. The predicted molar refractivity (Wildman–Crippen MR) is 84.7 cm³/mol. The summed E-state index contributed by atoms with van der Waals surface area (Å²) in [6, 6.07) is 11.1. The van der Waals surface area contributed by atoms with Gasteiger partial charge < -0.3 is 9.26 Å². The van der Waals surface area contributed by atoms with Gasteiger partial charge in [0.15, 0.2) is 6.61 Å². The maximum atomic E-state index is 12.9. The first-order valence-corrected chi connectivity index (χ1v) is 7.36. The number of nitrogens with zero attached hydrogens (tertiary/aromatic N) is 2. The molecule has 0 aliphatic rings. The van der Waals surface area contributed by atoms with Crippen LogP contribution in [0.4, 0.5) is 4.39 Å². The Morgan fingerprint density at radius 3 is 2.58 bits per heavy atom. The van der Waals surface area contributed by atoms with Gasteiger partial charge in [-0.2, -0.15) is 4.98 Å². The third-order valence-electron chi connectivity index (χ3n) is 3.64. The predicted octanol–water partition coefficient (Wildman–Crippen LogP) is 3.85. The average Bonchev–Trinajstić information content (AvgIpc) is 3.05. The van der Waals surface area contributed by atoms with E-state index in [1.807, 2.05) is 19.9 Å². The maximum Gasteiger partial charge on any atom is 0.338 e. The summed E-state index contributed by atoms with van der Waals surface area (Å²) in [4.78, 5) is 16.2. The van der Waals surface area contributed by atoms with Crippen molar-refractivity contribution in [1.29, 1.82) is 0 Å². The Balaban J connectivity index is 1.65. The molecule has 0 N–H and O–H groups in total. The van der Waals surface area contributed by atoms with E-state index in [0.717, 1.165) is 11.1 Å². The number of carbonyl (C=O) groups excluding carboxylic acids is 1. The van der Waals surface area contributed by atoms with E-state index in [-0.39, 0.29) is 18.3 Å². The Kier molecular flexibility index (Phi) is 4.37. The summed E-state index contributed by atoms with van der Waals surface area (Å²) >= 11 is 0. The lowest BCUT2D eigenvalue weighted by Gasteiger charge is -2.04. The molecular weight excluding hydrogens is 311 g/mol. The fourth-order valence-corrected chi connectivity index (χ4v) is 2.11. The first kappa shape index (κ1) is 15.9. The summed E-state index contributed by atoms with van der Waals surface area (Å²) in [6.07, 6.45) is 0. The lowest BCUT2D eigenvalue weighted by Crippen LogP contribution is -2.06. The number of hydrogen-bond acceptors (Lipinski definition) is 5. The minimum atomic E-state index is -0.459. The van der Waals surface area contributed by atoms with E-state index < -0.39 is 5.97 Å². The number of aromatic nitrogens is 2. The number of halogens is 1. The van der Waals surface area contributed by atoms with Gasteiger partial charge in [0.1, 0.15) is 5.82 Å². The molecule has 0 fully saturated rings. The van der Waals surface area contributed by atoms with E-state index in [9.17, 15) is 9.18 Å². The fraction of sp³-hybridized carbons (Fsp3) is 0.167. The van der Waals surface area contributed by atoms with Crippen LogP contribution < -0.4 is 0 Å². The number of carbonyl (C=O) groups is 1. The molecule has 3 rings (SSSR count). The second kappa shape index (κ2) is 6.62. The van der Waals surface area contributed by atoms with Crippen molar-refractivity contribution in [2.75, 3.05) is 0 Å². The molecule has 1 aromatic heterocycles. The summed E-state index contributed by atoms with van der Waals surface area (Å²) in [5.41, 5.74) is 3.21. The van der Waals surface area contributed by atoms with E-state index >= 15 is 0 Å². The molecule has 24 heavy (non-hydrogen) atoms. The van der Waals surface area contributed by atoms with Crippen molar-refractivity contribution in [3.05, 3.63) is 70.9 Å². The molecule has 2 aromatic carbocycles. The van der Waals surface area contributed by atoms with E-state index in [1.54, 1.807) is 24.3 Å². The summed E-state index contributed by atoms with van der Waals surface area (Å²) in [7, 11) is 0. The summed E-state index contributed by atoms with van der Waals surface area (Å²) in [5.74, 6) is -0.317. The number of esters is 1. The molecule has 0 radical (unpaired) electrons. The molecule has 0 amide bonds. The van der Waals surface area contributed by atoms with Crippen molar-refractivity contribution in [2.24, 2.45) is 0 Å². The van der Waals surface area contributed by atoms with Crippen LogP contribution >= 0.6 is 0 Å². The highest BCUT2D eigenvalue weighted by Crippen LogP contribution is 2.17. The molecule has 1 heterocycles. The molecule has 0 saturated heterocycles. The Morgan fingerprint density at radius 2 is 1.88 bits per heavy atom. The summed E-state index contributed by atoms with van der Waals surface area (Å²) in [6.45, 7) is 3.78. The first-order chi connectivity index (χ1) is 11.5. The fourth-order valence-electron chi connectivity index (χ4n) is 2.11. The molecule has 122 valence electrons. The van der Waals surface area contributed by atoms with Crippen LogP contribution in [0.2, 0.25) is 0 Å². The van der Waals surface area contributed by atoms with Crippen molar-refractivity contribution >= 4 is 5.97 Å². The SMILES string of the molecule is Cc1ccc(C(=O)OCc2nc(-c3ccc(F)cc3)no2)cc1C. The maximum absolute atomic E-state index is 12.9. The summed E-state index contributed by atoms with van der Waals surface area (Å²) in [5, 5.41) is 3.79. The standard InChI is InChI=1S/C18H15FN2O3/c1-11-3-4-14(9-12(11)2)18(22)23-10-16-20-17(21-24-16)13-5-7-15(19)8-6-13/h3-9H,10H2,1-2H3. The largest absolute Gasteiger partial charge is 0.452 e. The quantitative estimate of drug-likeness (QED) is 0.681. The Hall–Kier alpha value is -3.02. The smallest absolute Gasteiger partial charge is 0.338 e. The molecular formula is C18H15FN2O3. The minimum absolute atomic E-state index is 0.125. The minimum Gasteiger partial charge on any atom is -0.452 e. The molecule has 0 saturated carbocycles. The molecule has 6 heteroatoms. The van der Waals surface area contributed by atoms with Gasteiger partial charge in [0, 0.05) is 5.56 Å². The van der Waals surface area contributed by atoms with E-state index in [1.165, 1.54) is 12.1 Å². The zero-order valence-electron chi connectivity index (χ0n) is 13.2. The molecule has 0 atom stereocenters. The van der Waals surface area contributed by atoms with Gasteiger partial charge in [-0.05, 0) is 61.4 Å². The Morgan fingerprint density at radius 1 is 1.12 bits per heavy atom. The van der Waals surface area contributed by atoms with E-state index in [0.29, 0.717) is 17.0 Å². The van der Waals surface area contributed by atoms with Crippen LogP contribution in [0.25, 0.3) is 11.4 Å². The van der Waals surface area contributed by atoms with Crippen LogP contribution in [0.15, 0.2) is 47.0 Å². The highest BCUT2D eigenvalue weighted by Gasteiger charge is 2.13. The van der Waals surface area contributed by atoms with Crippen molar-refractivity contribution in [3.8, 4) is 11.4 Å². The molecule has 3 aromatic rings. The monoisotopic (exact) mass is 326 g/mol. The average molecular weight is 326 g/mol. The van der Waals surface area contributed by atoms with Gasteiger partial charge in [-0.1, -0.05) is 11.2 Å². The van der Waals surface area contributed by atoms with Gasteiger partial charge in [-0.3, -0.25) is 0 Å². The highest BCUT2D eigenvalue weighted by atomic mass is 19.1. The van der Waals surface area contributed by atoms with Crippen LogP contribution in [-0.4, -0.2) is 16.1 Å². The first-order valence-electron chi connectivity index (χ1n) is 7.36. The number of hydrogen-bond donors (Lipinski definition) is 0. The second-order valence-corrected chi connectivity index (χ2v) is 5.39. The third kappa shape index (κ3) is 3.48. The van der Waals surface area contributed by atoms with Crippen LogP contribution in [0.1, 0.15) is 27.4 Å². The zero-order chi connectivity index (χ0) is 17.1. The molecule has 0 bridgehead atoms. The molecule has 5 nitrogen and oxygen atoms in total. The molecule has 0 aliphatic heterocycles.